The first kappa shape index (κ1) is 12.8. The quantitative estimate of drug-likeness (QED) is 0.732. The van der Waals surface area contributed by atoms with Crippen LogP contribution in [0.25, 0.3) is 0 Å². The smallest absolute Gasteiger partial charge is 0.224 e. The molecule has 0 aromatic heterocycles. The highest BCUT2D eigenvalue weighted by molar-refractivity contribution is 5.78. The van der Waals surface area contributed by atoms with Crippen LogP contribution in [-0.4, -0.2) is 49.6 Å². The van der Waals surface area contributed by atoms with E-state index < -0.39 is 0 Å². The van der Waals surface area contributed by atoms with Gasteiger partial charge in [-0.15, -0.1) is 0 Å². The Bertz CT molecular complexity index is 283. The van der Waals surface area contributed by atoms with Crippen molar-refractivity contribution in [3.8, 4) is 0 Å². The molecular formula is C12H22N2O3. The maximum atomic E-state index is 12.0. The summed E-state index contributed by atoms with van der Waals surface area (Å²) in [5.41, 5.74) is 0. The summed E-state index contributed by atoms with van der Waals surface area (Å²) in [5, 5.41) is 3.40. The fourth-order valence-corrected chi connectivity index (χ4v) is 2.73. The second kappa shape index (κ2) is 5.33. The number of carbonyl (C=O) groups excluding carboxylic acids is 1. The van der Waals surface area contributed by atoms with Gasteiger partial charge in [-0.05, 0) is 12.3 Å². The topological polar surface area (TPSA) is 50.8 Å². The van der Waals surface area contributed by atoms with Gasteiger partial charge in [0.05, 0.1) is 6.10 Å². The molecule has 0 spiro atoms. The SMILES string of the molecule is COCO[C@H]1CCC(=O)N2[C@@H](C(C)C)CN[C@H]12. The van der Waals surface area contributed by atoms with Gasteiger partial charge in [0.25, 0.3) is 0 Å². The van der Waals surface area contributed by atoms with E-state index in [1.807, 2.05) is 4.90 Å². The third-order valence-electron chi connectivity index (χ3n) is 3.65. The molecule has 2 fully saturated rings. The van der Waals surface area contributed by atoms with Gasteiger partial charge in [0.2, 0.25) is 5.91 Å². The van der Waals surface area contributed by atoms with Gasteiger partial charge in [-0.2, -0.15) is 0 Å². The van der Waals surface area contributed by atoms with Crippen molar-refractivity contribution in [3.05, 3.63) is 0 Å². The van der Waals surface area contributed by atoms with E-state index in [1.54, 1.807) is 7.11 Å². The number of ether oxygens (including phenoxy) is 2. The molecule has 5 nitrogen and oxygen atoms in total. The van der Waals surface area contributed by atoms with Crippen LogP contribution in [0.1, 0.15) is 26.7 Å². The number of hydrogen-bond acceptors (Lipinski definition) is 4. The highest BCUT2D eigenvalue weighted by atomic mass is 16.7. The third kappa shape index (κ3) is 2.46. The van der Waals surface area contributed by atoms with Gasteiger partial charge >= 0.3 is 0 Å². The molecule has 0 aromatic carbocycles. The molecule has 0 aromatic rings. The molecule has 1 amide bonds. The van der Waals surface area contributed by atoms with Crippen LogP contribution in [-0.2, 0) is 14.3 Å². The van der Waals surface area contributed by atoms with E-state index in [-0.39, 0.29) is 25.0 Å². The molecular weight excluding hydrogens is 220 g/mol. The largest absolute Gasteiger partial charge is 0.359 e. The number of hydrogen-bond donors (Lipinski definition) is 1. The number of carbonyl (C=O) groups is 1. The zero-order chi connectivity index (χ0) is 12.4. The van der Waals surface area contributed by atoms with Gasteiger partial charge in [-0.1, -0.05) is 13.8 Å². The Balaban J connectivity index is 2.05. The number of fused-ring (bicyclic) bond motifs is 1. The highest BCUT2D eigenvalue weighted by Gasteiger charge is 2.45. The molecule has 5 heteroatoms. The Morgan fingerprint density at radius 1 is 1.53 bits per heavy atom. The second-order valence-corrected chi connectivity index (χ2v) is 5.12. The van der Waals surface area contributed by atoms with Crippen molar-refractivity contribution in [3.63, 3.8) is 0 Å². The molecule has 1 N–H and O–H groups in total. The summed E-state index contributed by atoms with van der Waals surface area (Å²) in [4.78, 5) is 14.0. The third-order valence-corrected chi connectivity index (χ3v) is 3.65. The molecule has 98 valence electrons. The Hall–Kier alpha value is -0.650. The van der Waals surface area contributed by atoms with E-state index in [9.17, 15) is 4.79 Å². The molecule has 17 heavy (non-hydrogen) atoms. The molecule has 0 radical (unpaired) electrons. The lowest BCUT2D eigenvalue weighted by Gasteiger charge is -2.39. The van der Waals surface area contributed by atoms with Crippen molar-refractivity contribution in [2.24, 2.45) is 5.92 Å². The number of piperidine rings is 1. The van der Waals surface area contributed by atoms with Crippen LogP contribution in [0.15, 0.2) is 0 Å². The van der Waals surface area contributed by atoms with Crippen LogP contribution in [0.3, 0.4) is 0 Å². The van der Waals surface area contributed by atoms with E-state index >= 15 is 0 Å². The van der Waals surface area contributed by atoms with Crippen LogP contribution in [0, 0.1) is 5.92 Å². The van der Waals surface area contributed by atoms with Gasteiger partial charge < -0.3 is 14.4 Å². The molecule has 0 saturated carbocycles. The van der Waals surface area contributed by atoms with Crippen molar-refractivity contribution < 1.29 is 14.3 Å². The molecule has 2 heterocycles. The maximum absolute atomic E-state index is 12.0. The predicted octanol–water partition coefficient (Wildman–Crippen LogP) is 0.552. The van der Waals surface area contributed by atoms with Gasteiger partial charge in [0.15, 0.2) is 0 Å². The van der Waals surface area contributed by atoms with Gasteiger partial charge in [-0.3, -0.25) is 10.1 Å². The zero-order valence-electron chi connectivity index (χ0n) is 10.8. The Kier molecular flexibility index (Phi) is 4.01. The Labute approximate surface area is 102 Å². The average Bonchev–Trinajstić information content (AvgIpc) is 2.74. The number of methoxy groups -OCH3 is 1. The molecule has 3 atom stereocenters. The minimum Gasteiger partial charge on any atom is -0.359 e. The minimum atomic E-state index is 0.0267. The van der Waals surface area contributed by atoms with Crippen molar-refractivity contribution in [2.45, 2.75) is 45.0 Å². The molecule has 0 aliphatic carbocycles. The first-order valence-electron chi connectivity index (χ1n) is 6.30. The maximum Gasteiger partial charge on any atom is 0.224 e. The van der Waals surface area contributed by atoms with E-state index in [0.29, 0.717) is 18.4 Å². The van der Waals surface area contributed by atoms with Gasteiger partial charge in [0, 0.05) is 26.1 Å². The van der Waals surface area contributed by atoms with Crippen LogP contribution in [0.5, 0.6) is 0 Å². The summed E-state index contributed by atoms with van der Waals surface area (Å²) >= 11 is 0. The van der Waals surface area contributed by atoms with Crippen LogP contribution in [0.2, 0.25) is 0 Å². The molecule has 2 rings (SSSR count). The molecule has 2 aliphatic heterocycles. The normalized spacial score (nSPS) is 33.3. The number of rotatable bonds is 4. The second-order valence-electron chi connectivity index (χ2n) is 5.12. The average molecular weight is 242 g/mol. The van der Waals surface area contributed by atoms with Crippen LogP contribution in [0.4, 0.5) is 0 Å². The van der Waals surface area contributed by atoms with E-state index in [2.05, 4.69) is 19.2 Å². The lowest BCUT2D eigenvalue weighted by molar-refractivity contribution is -0.154. The number of nitrogens with zero attached hydrogens (tertiary/aromatic N) is 1. The fraction of sp³-hybridized carbons (Fsp3) is 0.917. The lowest BCUT2D eigenvalue weighted by Crippen LogP contribution is -2.55. The van der Waals surface area contributed by atoms with Crippen molar-refractivity contribution in [1.82, 2.24) is 10.2 Å². The molecule has 0 unspecified atom stereocenters. The zero-order valence-corrected chi connectivity index (χ0v) is 10.8. The standard InChI is InChI=1S/C12H22N2O3/c1-8(2)9-6-13-12-10(17-7-16-3)4-5-11(15)14(9)12/h8-10,12-13H,4-7H2,1-3H3/t9-,10+,12+/m1/s1. The van der Waals surface area contributed by atoms with Gasteiger partial charge in [0.1, 0.15) is 13.0 Å². The molecule has 2 aliphatic rings. The monoisotopic (exact) mass is 242 g/mol. The van der Waals surface area contributed by atoms with Gasteiger partial charge in [-0.25, -0.2) is 0 Å². The van der Waals surface area contributed by atoms with E-state index in [1.165, 1.54) is 0 Å². The first-order chi connectivity index (χ1) is 8.15. The summed E-state index contributed by atoms with van der Waals surface area (Å²) in [5.74, 6) is 0.716. The summed E-state index contributed by atoms with van der Waals surface area (Å²) in [6.07, 6.45) is 1.44. The van der Waals surface area contributed by atoms with Crippen LogP contribution < -0.4 is 5.32 Å². The Morgan fingerprint density at radius 2 is 2.29 bits per heavy atom. The summed E-state index contributed by atoms with van der Waals surface area (Å²) in [6, 6.07) is 0.293. The molecule has 0 bridgehead atoms. The highest BCUT2D eigenvalue weighted by Crippen LogP contribution is 2.28. The van der Waals surface area contributed by atoms with Crippen molar-refractivity contribution in [1.29, 1.82) is 0 Å². The van der Waals surface area contributed by atoms with Crippen molar-refractivity contribution in [2.75, 3.05) is 20.4 Å². The number of amides is 1. The summed E-state index contributed by atoms with van der Waals surface area (Å²) < 4.78 is 10.6. The summed E-state index contributed by atoms with van der Waals surface area (Å²) in [6.45, 7) is 5.46. The van der Waals surface area contributed by atoms with E-state index in [4.69, 9.17) is 9.47 Å². The van der Waals surface area contributed by atoms with Crippen LogP contribution >= 0.6 is 0 Å². The Morgan fingerprint density at radius 3 is 2.94 bits per heavy atom. The minimum absolute atomic E-state index is 0.0267. The predicted molar refractivity (Wildman–Crippen MR) is 63.2 cm³/mol. The molecule has 2 saturated heterocycles. The van der Waals surface area contributed by atoms with E-state index in [0.717, 1.165) is 13.0 Å². The van der Waals surface area contributed by atoms with Crippen molar-refractivity contribution >= 4 is 5.91 Å². The lowest BCUT2D eigenvalue weighted by atomic mass is 9.99. The fourth-order valence-electron chi connectivity index (χ4n) is 2.73. The first-order valence-corrected chi connectivity index (χ1v) is 6.30. The number of nitrogens with one attached hydrogen (secondary N) is 1. The summed E-state index contributed by atoms with van der Waals surface area (Å²) in [7, 11) is 1.62.